The van der Waals surface area contributed by atoms with Crippen molar-refractivity contribution < 1.29 is 18.3 Å². The molecule has 0 aliphatic heterocycles. The summed E-state index contributed by atoms with van der Waals surface area (Å²) in [5.74, 6) is -0.266. The van der Waals surface area contributed by atoms with Crippen LogP contribution in [0.1, 0.15) is 32.8 Å². The van der Waals surface area contributed by atoms with Gasteiger partial charge in [-0.05, 0) is 44.9 Å². The number of benzene rings is 1. The first-order chi connectivity index (χ1) is 9.61. The number of anilines is 1. The highest BCUT2D eigenvalue weighted by Gasteiger charge is 2.21. The summed E-state index contributed by atoms with van der Waals surface area (Å²) in [6.07, 6.45) is -0.265. The maximum atomic E-state index is 12.4. The van der Waals surface area contributed by atoms with Crippen LogP contribution < -0.4 is 10.0 Å². The second kappa shape index (κ2) is 7.02. The number of amides is 1. The number of sulfonamides is 1. The number of carbonyl (C=O) groups is 1. The van der Waals surface area contributed by atoms with Crippen LogP contribution in [0.3, 0.4) is 0 Å². The Labute approximate surface area is 125 Å². The first-order valence-corrected chi connectivity index (χ1v) is 8.18. The van der Waals surface area contributed by atoms with Crippen molar-refractivity contribution in [2.45, 2.75) is 51.2 Å². The van der Waals surface area contributed by atoms with E-state index in [0.29, 0.717) is 17.7 Å². The Kier molecular flexibility index (Phi) is 5.88. The number of rotatable bonds is 6. The fourth-order valence-corrected chi connectivity index (χ4v) is 3.59. The zero-order valence-electron chi connectivity index (χ0n) is 12.7. The first-order valence-electron chi connectivity index (χ1n) is 6.70. The minimum atomic E-state index is -3.71. The molecule has 0 saturated carbocycles. The zero-order chi connectivity index (χ0) is 16.2. The third kappa shape index (κ3) is 5.45. The third-order valence-corrected chi connectivity index (χ3v) is 4.58. The van der Waals surface area contributed by atoms with Crippen LogP contribution >= 0.6 is 0 Å². The molecule has 1 aromatic carbocycles. The lowest BCUT2D eigenvalue weighted by molar-refractivity contribution is -0.114. The molecule has 7 heteroatoms. The predicted octanol–water partition coefficient (Wildman–Crippen LogP) is 1.39. The van der Waals surface area contributed by atoms with E-state index in [-0.39, 0.29) is 16.8 Å². The Morgan fingerprint density at radius 3 is 2.48 bits per heavy atom. The highest BCUT2D eigenvalue weighted by atomic mass is 32.2. The third-order valence-electron chi connectivity index (χ3n) is 2.85. The predicted molar refractivity (Wildman–Crippen MR) is 81.6 cm³/mol. The van der Waals surface area contributed by atoms with Gasteiger partial charge in [-0.2, -0.15) is 0 Å². The van der Waals surface area contributed by atoms with Crippen molar-refractivity contribution in [3.05, 3.63) is 23.8 Å². The number of aliphatic hydroxyl groups is 1. The fraction of sp³-hybridized carbons (Fsp3) is 0.500. The van der Waals surface area contributed by atoms with Crippen molar-refractivity contribution in [2.75, 3.05) is 5.32 Å². The fourth-order valence-electron chi connectivity index (χ4n) is 2.06. The average Bonchev–Trinajstić information content (AvgIpc) is 2.28. The normalized spacial score (nSPS) is 14.5. The van der Waals surface area contributed by atoms with E-state index in [0.717, 1.165) is 0 Å². The summed E-state index contributed by atoms with van der Waals surface area (Å²) in [7, 11) is -3.71. The molecular weight excluding hydrogens is 292 g/mol. The van der Waals surface area contributed by atoms with Crippen LogP contribution in [0.4, 0.5) is 5.69 Å². The number of aliphatic hydroxyl groups excluding tert-OH is 1. The van der Waals surface area contributed by atoms with Crippen LogP contribution in [0.15, 0.2) is 23.1 Å². The van der Waals surface area contributed by atoms with Crippen LogP contribution in [-0.2, 0) is 14.8 Å². The molecule has 1 aromatic rings. The standard InChI is InChI=1S/C14H22N2O4S/c1-9-5-6-13(15-12(4)18)8-14(9)21(19,20)16-10(2)7-11(3)17/h5-6,8,10-11,16-17H,7H2,1-4H3,(H,15,18). The molecule has 0 aliphatic rings. The molecule has 1 rings (SSSR count). The summed E-state index contributed by atoms with van der Waals surface area (Å²) < 4.78 is 27.3. The topological polar surface area (TPSA) is 95.5 Å². The van der Waals surface area contributed by atoms with Gasteiger partial charge in [0.25, 0.3) is 0 Å². The SMILES string of the molecule is CC(=O)Nc1ccc(C)c(S(=O)(=O)NC(C)CC(C)O)c1. The quantitative estimate of drug-likeness (QED) is 0.739. The maximum Gasteiger partial charge on any atom is 0.241 e. The van der Waals surface area contributed by atoms with Gasteiger partial charge in [0.1, 0.15) is 0 Å². The zero-order valence-corrected chi connectivity index (χ0v) is 13.5. The molecule has 0 heterocycles. The van der Waals surface area contributed by atoms with Crippen molar-refractivity contribution in [3.63, 3.8) is 0 Å². The minimum Gasteiger partial charge on any atom is -0.393 e. The lowest BCUT2D eigenvalue weighted by Crippen LogP contribution is -2.35. The van der Waals surface area contributed by atoms with Crippen molar-refractivity contribution in [1.82, 2.24) is 4.72 Å². The van der Waals surface area contributed by atoms with Crippen molar-refractivity contribution in [3.8, 4) is 0 Å². The molecule has 0 radical (unpaired) electrons. The Hall–Kier alpha value is -1.44. The summed E-state index contributed by atoms with van der Waals surface area (Å²) in [5.41, 5.74) is 1.01. The van der Waals surface area contributed by atoms with Gasteiger partial charge in [0.2, 0.25) is 15.9 Å². The van der Waals surface area contributed by atoms with Gasteiger partial charge in [-0.1, -0.05) is 6.07 Å². The monoisotopic (exact) mass is 314 g/mol. The molecule has 0 saturated heterocycles. The van der Waals surface area contributed by atoms with Crippen LogP contribution in [0.25, 0.3) is 0 Å². The number of nitrogens with one attached hydrogen (secondary N) is 2. The van der Waals surface area contributed by atoms with Gasteiger partial charge >= 0.3 is 0 Å². The lowest BCUT2D eigenvalue weighted by atomic mass is 10.2. The molecule has 6 nitrogen and oxygen atoms in total. The maximum absolute atomic E-state index is 12.4. The number of carbonyl (C=O) groups excluding carboxylic acids is 1. The van der Waals surface area contributed by atoms with E-state index >= 15 is 0 Å². The summed E-state index contributed by atoms with van der Waals surface area (Å²) in [6.45, 7) is 6.34. The Morgan fingerprint density at radius 2 is 1.95 bits per heavy atom. The Morgan fingerprint density at radius 1 is 1.33 bits per heavy atom. The highest BCUT2D eigenvalue weighted by molar-refractivity contribution is 7.89. The minimum absolute atomic E-state index is 0.117. The van der Waals surface area contributed by atoms with E-state index in [1.807, 2.05) is 0 Å². The summed E-state index contributed by atoms with van der Waals surface area (Å²) in [4.78, 5) is 11.2. The van der Waals surface area contributed by atoms with Crippen molar-refractivity contribution in [1.29, 1.82) is 0 Å². The smallest absolute Gasteiger partial charge is 0.241 e. The van der Waals surface area contributed by atoms with E-state index in [4.69, 9.17) is 0 Å². The van der Waals surface area contributed by atoms with Gasteiger partial charge < -0.3 is 10.4 Å². The van der Waals surface area contributed by atoms with E-state index in [1.165, 1.54) is 13.0 Å². The molecular formula is C14H22N2O4S. The molecule has 118 valence electrons. The molecule has 0 fully saturated rings. The van der Waals surface area contributed by atoms with E-state index in [1.54, 1.807) is 32.9 Å². The largest absolute Gasteiger partial charge is 0.393 e. The van der Waals surface area contributed by atoms with E-state index < -0.39 is 16.1 Å². The van der Waals surface area contributed by atoms with Gasteiger partial charge in [0.15, 0.2) is 0 Å². The summed E-state index contributed by atoms with van der Waals surface area (Å²) >= 11 is 0. The van der Waals surface area contributed by atoms with Crippen LogP contribution in [0.5, 0.6) is 0 Å². The highest BCUT2D eigenvalue weighted by Crippen LogP contribution is 2.20. The van der Waals surface area contributed by atoms with Gasteiger partial charge in [-0.3, -0.25) is 4.79 Å². The summed E-state index contributed by atoms with van der Waals surface area (Å²) in [5, 5.41) is 11.9. The van der Waals surface area contributed by atoms with Crippen LogP contribution in [0.2, 0.25) is 0 Å². The summed E-state index contributed by atoms with van der Waals surface area (Å²) in [6, 6.07) is 4.32. The Bertz CT molecular complexity index is 611. The number of hydrogen-bond acceptors (Lipinski definition) is 4. The molecule has 3 N–H and O–H groups in total. The second-order valence-corrected chi connectivity index (χ2v) is 6.95. The molecule has 2 atom stereocenters. The van der Waals surface area contributed by atoms with Crippen molar-refractivity contribution >= 4 is 21.6 Å². The molecule has 0 aromatic heterocycles. The van der Waals surface area contributed by atoms with Crippen LogP contribution in [-0.4, -0.2) is 31.6 Å². The lowest BCUT2D eigenvalue weighted by Gasteiger charge is -2.17. The van der Waals surface area contributed by atoms with Gasteiger partial charge in [-0.15, -0.1) is 0 Å². The van der Waals surface area contributed by atoms with Gasteiger partial charge in [0.05, 0.1) is 11.0 Å². The Balaban J connectivity index is 3.04. The average molecular weight is 314 g/mol. The molecule has 2 unspecified atom stereocenters. The van der Waals surface area contributed by atoms with Gasteiger partial charge in [-0.25, -0.2) is 13.1 Å². The van der Waals surface area contributed by atoms with Crippen LogP contribution in [0, 0.1) is 6.92 Å². The molecule has 0 bridgehead atoms. The molecule has 0 aliphatic carbocycles. The van der Waals surface area contributed by atoms with E-state index in [2.05, 4.69) is 10.0 Å². The van der Waals surface area contributed by atoms with Crippen molar-refractivity contribution in [2.24, 2.45) is 0 Å². The molecule has 1 amide bonds. The molecule has 0 spiro atoms. The van der Waals surface area contributed by atoms with Gasteiger partial charge in [0, 0.05) is 18.7 Å². The number of aryl methyl sites for hydroxylation is 1. The first kappa shape index (κ1) is 17.6. The molecule has 21 heavy (non-hydrogen) atoms. The second-order valence-electron chi connectivity index (χ2n) is 5.27. The van der Waals surface area contributed by atoms with E-state index in [9.17, 15) is 18.3 Å². The number of hydrogen-bond donors (Lipinski definition) is 3.